The van der Waals surface area contributed by atoms with E-state index in [9.17, 15) is 25.4 Å². The fourth-order valence-electron chi connectivity index (χ4n) is 2.39. The summed E-state index contributed by atoms with van der Waals surface area (Å²) in [6, 6.07) is 3.02. The van der Waals surface area contributed by atoms with Crippen LogP contribution in [0.4, 0.5) is 11.4 Å². The first-order chi connectivity index (χ1) is 10.2. The standard InChI is InChI=1S/C14H20N2O6/c1-6-4-9(10(16(20)21)5-7(6)2)15-14-13(19)12(18)11(17)8(3)22-14/h4-5,8,11-15,17-19H,1-3H3/t8-,11-,12+,13+,14-/m0/s1. The van der Waals surface area contributed by atoms with Gasteiger partial charge in [-0.05, 0) is 38.0 Å². The molecule has 22 heavy (non-hydrogen) atoms. The van der Waals surface area contributed by atoms with Gasteiger partial charge < -0.3 is 25.4 Å². The molecule has 0 aliphatic carbocycles. The van der Waals surface area contributed by atoms with Gasteiger partial charge in [-0.2, -0.15) is 0 Å². The van der Waals surface area contributed by atoms with Crippen molar-refractivity contribution in [3.05, 3.63) is 33.4 Å². The van der Waals surface area contributed by atoms with Crippen LogP contribution in [0.5, 0.6) is 0 Å². The van der Waals surface area contributed by atoms with Crippen LogP contribution in [0.2, 0.25) is 0 Å². The van der Waals surface area contributed by atoms with E-state index in [0.29, 0.717) is 0 Å². The highest BCUT2D eigenvalue weighted by molar-refractivity contribution is 5.64. The fraction of sp³-hybridized carbons (Fsp3) is 0.571. The van der Waals surface area contributed by atoms with Crippen molar-refractivity contribution in [2.24, 2.45) is 0 Å². The highest BCUT2D eigenvalue weighted by Gasteiger charge is 2.42. The minimum absolute atomic E-state index is 0.146. The molecule has 2 rings (SSSR count). The molecular weight excluding hydrogens is 292 g/mol. The Morgan fingerprint density at radius 3 is 2.32 bits per heavy atom. The zero-order valence-electron chi connectivity index (χ0n) is 12.6. The van der Waals surface area contributed by atoms with E-state index in [1.807, 2.05) is 6.92 Å². The van der Waals surface area contributed by atoms with E-state index >= 15 is 0 Å². The van der Waals surface area contributed by atoms with Crippen LogP contribution >= 0.6 is 0 Å². The predicted octanol–water partition coefficient (Wildman–Crippen LogP) is 0.451. The van der Waals surface area contributed by atoms with Gasteiger partial charge in [-0.15, -0.1) is 0 Å². The summed E-state index contributed by atoms with van der Waals surface area (Å²) < 4.78 is 5.40. The minimum Gasteiger partial charge on any atom is -0.388 e. The van der Waals surface area contributed by atoms with Crippen molar-refractivity contribution in [3.8, 4) is 0 Å². The van der Waals surface area contributed by atoms with Crippen molar-refractivity contribution < 1.29 is 25.0 Å². The van der Waals surface area contributed by atoms with Gasteiger partial charge in [-0.3, -0.25) is 10.1 Å². The van der Waals surface area contributed by atoms with Crippen molar-refractivity contribution >= 4 is 11.4 Å². The number of aliphatic hydroxyl groups excluding tert-OH is 3. The topological polar surface area (TPSA) is 125 Å². The smallest absolute Gasteiger partial charge is 0.292 e. The number of ether oxygens (including phenoxy) is 1. The first-order valence-electron chi connectivity index (χ1n) is 6.94. The lowest BCUT2D eigenvalue weighted by Gasteiger charge is -2.39. The SMILES string of the molecule is Cc1cc(N[C@H]2O[C@@H](C)[C@H](O)[C@@H](O)[C@H]2O)c([N+](=O)[O-])cc1C. The number of benzene rings is 1. The van der Waals surface area contributed by atoms with Gasteiger partial charge in [-0.25, -0.2) is 0 Å². The average Bonchev–Trinajstić information content (AvgIpc) is 2.45. The number of aryl methyl sites for hydroxylation is 2. The van der Waals surface area contributed by atoms with Gasteiger partial charge in [0.25, 0.3) is 5.69 Å². The van der Waals surface area contributed by atoms with Gasteiger partial charge in [0.15, 0.2) is 6.23 Å². The van der Waals surface area contributed by atoms with Crippen molar-refractivity contribution in [1.29, 1.82) is 0 Å². The summed E-state index contributed by atoms with van der Waals surface area (Å²) in [5.41, 5.74) is 1.65. The fourth-order valence-corrected chi connectivity index (χ4v) is 2.39. The van der Waals surface area contributed by atoms with Crippen LogP contribution in [0.25, 0.3) is 0 Å². The predicted molar refractivity (Wildman–Crippen MR) is 78.5 cm³/mol. The van der Waals surface area contributed by atoms with Gasteiger partial charge in [-0.1, -0.05) is 0 Å². The van der Waals surface area contributed by atoms with E-state index in [4.69, 9.17) is 4.74 Å². The zero-order chi connectivity index (χ0) is 16.6. The molecule has 0 amide bonds. The largest absolute Gasteiger partial charge is 0.388 e. The van der Waals surface area contributed by atoms with Crippen LogP contribution < -0.4 is 5.32 Å². The van der Waals surface area contributed by atoms with Gasteiger partial charge in [0, 0.05) is 6.07 Å². The third-order valence-electron chi connectivity index (χ3n) is 3.96. The molecule has 0 bridgehead atoms. The molecule has 1 aromatic rings. The molecule has 122 valence electrons. The third kappa shape index (κ3) is 3.05. The van der Waals surface area contributed by atoms with Gasteiger partial charge in [0.2, 0.25) is 0 Å². The molecule has 0 saturated carbocycles. The molecule has 1 aliphatic heterocycles. The van der Waals surface area contributed by atoms with Crippen LogP contribution in [-0.4, -0.2) is 50.9 Å². The molecule has 1 aliphatic rings. The number of nitro benzene ring substituents is 1. The maximum Gasteiger partial charge on any atom is 0.292 e. The normalized spacial score (nSPS) is 31.8. The minimum atomic E-state index is -1.41. The Balaban J connectivity index is 2.30. The van der Waals surface area contributed by atoms with Crippen molar-refractivity contribution in [1.82, 2.24) is 0 Å². The summed E-state index contributed by atoms with van der Waals surface area (Å²) >= 11 is 0. The number of nitro groups is 1. The molecule has 0 radical (unpaired) electrons. The molecule has 0 unspecified atom stereocenters. The number of hydrogen-bond donors (Lipinski definition) is 4. The number of anilines is 1. The average molecular weight is 312 g/mol. The van der Waals surface area contributed by atoms with Crippen LogP contribution in [0.1, 0.15) is 18.1 Å². The Morgan fingerprint density at radius 2 is 1.73 bits per heavy atom. The molecule has 1 heterocycles. The van der Waals surface area contributed by atoms with Crippen molar-refractivity contribution in [2.45, 2.75) is 51.4 Å². The van der Waals surface area contributed by atoms with Crippen LogP contribution in [-0.2, 0) is 4.74 Å². The molecular formula is C14H20N2O6. The molecule has 8 heteroatoms. The summed E-state index contributed by atoms with van der Waals surface area (Å²) in [5.74, 6) is 0. The van der Waals surface area contributed by atoms with Gasteiger partial charge >= 0.3 is 0 Å². The Labute approximate surface area is 127 Å². The van der Waals surface area contributed by atoms with Crippen molar-refractivity contribution in [3.63, 3.8) is 0 Å². The number of hydrogen-bond acceptors (Lipinski definition) is 7. The number of nitrogens with zero attached hydrogens (tertiary/aromatic N) is 1. The lowest BCUT2D eigenvalue weighted by atomic mass is 9.98. The Kier molecular flexibility index (Phi) is 4.66. The molecule has 8 nitrogen and oxygen atoms in total. The van der Waals surface area contributed by atoms with Crippen LogP contribution in [0, 0.1) is 24.0 Å². The summed E-state index contributed by atoms with van der Waals surface area (Å²) in [6.45, 7) is 5.12. The summed E-state index contributed by atoms with van der Waals surface area (Å²) in [5, 5.41) is 43.3. The molecule has 1 aromatic carbocycles. The van der Waals surface area contributed by atoms with E-state index in [-0.39, 0.29) is 11.4 Å². The number of aliphatic hydroxyl groups is 3. The number of rotatable bonds is 3. The van der Waals surface area contributed by atoms with E-state index in [1.165, 1.54) is 6.07 Å². The number of nitrogens with one attached hydrogen (secondary N) is 1. The molecule has 0 aromatic heterocycles. The maximum absolute atomic E-state index is 11.2. The lowest BCUT2D eigenvalue weighted by Crippen LogP contribution is -2.58. The first kappa shape index (κ1) is 16.6. The van der Waals surface area contributed by atoms with E-state index < -0.39 is 35.6 Å². The second kappa shape index (κ2) is 6.17. The Morgan fingerprint density at radius 1 is 1.14 bits per heavy atom. The van der Waals surface area contributed by atoms with Gasteiger partial charge in [0.1, 0.15) is 24.0 Å². The zero-order valence-corrected chi connectivity index (χ0v) is 12.6. The van der Waals surface area contributed by atoms with E-state index in [2.05, 4.69) is 5.32 Å². The molecule has 5 atom stereocenters. The quantitative estimate of drug-likeness (QED) is 0.471. The monoisotopic (exact) mass is 312 g/mol. The summed E-state index contributed by atoms with van der Waals surface area (Å²) in [7, 11) is 0. The second-order valence-corrected chi connectivity index (χ2v) is 5.59. The highest BCUT2D eigenvalue weighted by atomic mass is 16.6. The van der Waals surface area contributed by atoms with E-state index in [0.717, 1.165) is 11.1 Å². The van der Waals surface area contributed by atoms with Gasteiger partial charge in [0.05, 0.1) is 11.0 Å². The summed E-state index contributed by atoms with van der Waals surface area (Å²) in [4.78, 5) is 10.6. The maximum atomic E-state index is 11.2. The van der Waals surface area contributed by atoms with Crippen LogP contribution in [0.15, 0.2) is 12.1 Å². The highest BCUT2D eigenvalue weighted by Crippen LogP contribution is 2.31. The summed E-state index contributed by atoms with van der Waals surface area (Å²) in [6.07, 6.45) is -5.81. The molecule has 0 spiro atoms. The molecule has 1 fully saturated rings. The third-order valence-corrected chi connectivity index (χ3v) is 3.96. The lowest BCUT2D eigenvalue weighted by molar-refractivity contribution is -0.384. The molecule has 1 saturated heterocycles. The van der Waals surface area contributed by atoms with Crippen LogP contribution in [0.3, 0.4) is 0 Å². The second-order valence-electron chi connectivity index (χ2n) is 5.59. The Hall–Kier alpha value is -1.74. The van der Waals surface area contributed by atoms with Crippen molar-refractivity contribution in [2.75, 3.05) is 5.32 Å². The molecule has 4 N–H and O–H groups in total. The Bertz CT molecular complexity index is 579. The first-order valence-corrected chi connectivity index (χ1v) is 6.94. The van der Waals surface area contributed by atoms with E-state index in [1.54, 1.807) is 19.9 Å².